The predicted octanol–water partition coefficient (Wildman–Crippen LogP) is 1.41. The van der Waals surface area contributed by atoms with Crippen LogP contribution in [-0.4, -0.2) is 24.9 Å². The molecule has 0 aliphatic heterocycles. The lowest BCUT2D eigenvalue weighted by molar-refractivity contribution is 0.195. The summed E-state index contributed by atoms with van der Waals surface area (Å²) in [6.45, 7) is 1.72. The summed E-state index contributed by atoms with van der Waals surface area (Å²) in [5, 5.41) is 15.1. The Morgan fingerprint density at radius 2 is 2.25 bits per heavy atom. The average molecular weight is 236 g/mol. The number of rotatable bonds is 3. The molecule has 0 saturated carbocycles. The molecule has 0 radical (unpaired) electrons. The molecule has 2 aromatic heterocycles. The number of aryl methyl sites for hydroxylation is 1. The van der Waals surface area contributed by atoms with Gasteiger partial charge < -0.3 is 5.11 Å². The van der Waals surface area contributed by atoms with Crippen molar-refractivity contribution < 1.29 is 5.11 Å². The Balaban J connectivity index is 2.31. The van der Waals surface area contributed by atoms with Gasteiger partial charge in [0, 0.05) is 18.8 Å². The van der Waals surface area contributed by atoms with Crippen LogP contribution in [0.15, 0.2) is 34.8 Å². The van der Waals surface area contributed by atoms with Gasteiger partial charge >= 0.3 is 0 Å². The Morgan fingerprint density at radius 3 is 2.88 bits per heavy atom. The minimum absolute atomic E-state index is 0.538. The summed E-state index contributed by atoms with van der Waals surface area (Å²) >= 11 is 1.39. The highest BCUT2D eigenvalue weighted by Crippen LogP contribution is 2.29. The Bertz CT molecular complexity index is 483. The lowest BCUT2D eigenvalue weighted by Gasteiger charge is -2.09. The molecular formula is C10H12N4OS. The van der Waals surface area contributed by atoms with E-state index in [1.807, 2.05) is 19.2 Å². The molecule has 0 fully saturated rings. The van der Waals surface area contributed by atoms with Gasteiger partial charge in [-0.3, -0.25) is 0 Å². The highest BCUT2D eigenvalue weighted by molar-refractivity contribution is 7.99. The molecule has 0 amide bonds. The van der Waals surface area contributed by atoms with Crippen LogP contribution < -0.4 is 0 Å². The predicted molar refractivity (Wildman–Crippen MR) is 60.0 cm³/mol. The van der Waals surface area contributed by atoms with Crippen LogP contribution in [-0.2, 0) is 7.05 Å². The van der Waals surface area contributed by atoms with Crippen molar-refractivity contribution in [3.63, 3.8) is 0 Å². The minimum atomic E-state index is -0.538. The van der Waals surface area contributed by atoms with Gasteiger partial charge in [0.05, 0.1) is 6.10 Å². The number of aliphatic hydroxyl groups excluding tert-OH is 1. The molecular weight excluding hydrogens is 224 g/mol. The topological polar surface area (TPSA) is 63.8 Å². The summed E-state index contributed by atoms with van der Waals surface area (Å²) in [6.07, 6.45) is 2.65. The fourth-order valence-electron chi connectivity index (χ4n) is 1.27. The van der Waals surface area contributed by atoms with Crippen LogP contribution in [0.5, 0.6) is 0 Å². The van der Waals surface area contributed by atoms with E-state index in [4.69, 9.17) is 0 Å². The summed E-state index contributed by atoms with van der Waals surface area (Å²) in [6, 6.07) is 3.67. The van der Waals surface area contributed by atoms with E-state index in [0.717, 1.165) is 15.7 Å². The maximum Gasteiger partial charge on any atom is 0.192 e. The molecule has 84 valence electrons. The molecule has 0 aliphatic carbocycles. The zero-order chi connectivity index (χ0) is 11.5. The van der Waals surface area contributed by atoms with Crippen molar-refractivity contribution in [3.8, 4) is 0 Å². The maximum absolute atomic E-state index is 9.61. The molecule has 0 spiro atoms. The summed E-state index contributed by atoms with van der Waals surface area (Å²) < 4.78 is 1.67. The molecule has 1 N–H and O–H groups in total. The summed E-state index contributed by atoms with van der Waals surface area (Å²) in [5.74, 6) is 0. The summed E-state index contributed by atoms with van der Waals surface area (Å²) in [7, 11) is 1.82. The average Bonchev–Trinajstić information content (AvgIpc) is 2.65. The number of aromatic nitrogens is 4. The Labute approximate surface area is 97.5 Å². The molecule has 0 unspecified atom stereocenters. The Hall–Kier alpha value is -1.40. The van der Waals surface area contributed by atoms with Gasteiger partial charge in [0.25, 0.3) is 0 Å². The smallest absolute Gasteiger partial charge is 0.192 e. The molecule has 0 aromatic carbocycles. The molecule has 0 aliphatic rings. The van der Waals surface area contributed by atoms with Gasteiger partial charge in [-0.1, -0.05) is 6.07 Å². The number of hydrogen-bond acceptors (Lipinski definition) is 5. The second-order valence-corrected chi connectivity index (χ2v) is 4.30. The molecule has 2 heterocycles. The van der Waals surface area contributed by atoms with Crippen molar-refractivity contribution in [1.82, 2.24) is 19.7 Å². The fraction of sp³-hybridized carbons (Fsp3) is 0.300. The fourth-order valence-corrected chi connectivity index (χ4v) is 2.19. The van der Waals surface area contributed by atoms with Gasteiger partial charge in [-0.15, -0.1) is 0 Å². The van der Waals surface area contributed by atoms with E-state index in [0.29, 0.717) is 0 Å². The third kappa shape index (κ3) is 2.23. The van der Waals surface area contributed by atoms with Gasteiger partial charge in [-0.05, 0) is 24.8 Å². The van der Waals surface area contributed by atoms with E-state index in [-0.39, 0.29) is 0 Å². The van der Waals surface area contributed by atoms with Crippen LogP contribution in [0.2, 0.25) is 0 Å². The van der Waals surface area contributed by atoms with E-state index < -0.39 is 6.10 Å². The van der Waals surface area contributed by atoms with E-state index in [1.54, 1.807) is 17.8 Å². The number of aliphatic hydroxyl groups is 1. The first-order valence-electron chi connectivity index (χ1n) is 4.83. The monoisotopic (exact) mass is 236 g/mol. The van der Waals surface area contributed by atoms with Crippen LogP contribution in [0.1, 0.15) is 18.6 Å². The SMILES string of the molecule is C[C@@H](O)c1cccnc1Sc1ncnn1C. The zero-order valence-corrected chi connectivity index (χ0v) is 9.85. The molecule has 1 atom stereocenters. The van der Waals surface area contributed by atoms with Gasteiger partial charge in [-0.25, -0.2) is 14.6 Å². The standard InChI is InChI=1S/C10H12N4OS/c1-7(15)8-4-3-5-11-9(8)16-10-12-6-13-14(10)2/h3-7,15H,1-2H3/t7-/m1/s1. The second-order valence-electron chi connectivity index (χ2n) is 3.34. The quantitative estimate of drug-likeness (QED) is 0.873. The lowest BCUT2D eigenvalue weighted by atomic mass is 10.2. The molecule has 0 saturated heterocycles. The normalized spacial score (nSPS) is 12.7. The van der Waals surface area contributed by atoms with Crippen LogP contribution in [0.4, 0.5) is 0 Å². The van der Waals surface area contributed by atoms with Gasteiger partial charge in [0.2, 0.25) is 0 Å². The Morgan fingerprint density at radius 1 is 1.44 bits per heavy atom. The first kappa shape index (κ1) is 11.1. The number of nitrogens with zero attached hydrogens (tertiary/aromatic N) is 4. The van der Waals surface area contributed by atoms with Crippen LogP contribution in [0.3, 0.4) is 0 Å². The second kappa shape index (κ2) is 4.63. The van der Waals surface area contributed by atoms with E-state index in [9.17, 15) is 5.11 Å². The first-order chi connectivity index (χ1) is 7.68. The highest BCUT2D eigenvalue weighted by atomic mass is 32.2. The van der Waals surface area contributed by atoms with Crippen molar-refractivity contribution in [2.75, 3.05) is 0 Å². The van der Waals surface area contributed by atoms with Gasteiger partial charge in [0.1, 0.15) is 11.4 Å². The van der Waals surface area contributed by atoms with E-state index >= 15 is 0 Å². The lowest BCUT2D eigenvalue weighted by Crippen LogP contribution is -1.98. The van der Waals surface area contributed by atoms with Gasteiger partial charge in [0.15, 0.2) is 5.16 Å². The summed E-state index contributed by atoms with van der Waals surface area (Å²) in [4.78, 5) is 8.34. The molecule has 6 heteroatoms. The number of pyridine rings is 1. The molecule has 16 heavy (non-hydrogen) atoms. The molecule has 2 aromatic rings. The highest BCUT2D eigenvalue weighted by Gasteiger charge is 2.12. The van der Waals surface area contributed by atoms with Crippen molar-refractivity contribution in [3.05, 3.63) is 30.2 Å². The number of hydrogen-bond donors (Lipinski definition) is 1. The molecule has 5 nitrogen and oxygen atoms in total. The first-order valence-corrected chi connectivity index (χ1v) is 5.65. The van der Waals surface area contributed by atoms with Crippen LogP contribution >= 0.6 is 11.8 Å². The maximum atomic E-state index is 9.61. The third-order valence-electron chi connectivity index (χ3n) is 2.11. The summed E-state index contributed by atoms with van der Waals surface area (Å²) in [5.41, 5.74) is 0.801. The molecule has 2 rings (SSSR count). The van der Waals surface area contributed by atoms with Crippen molar-refractivity contribution >= 4 is 11.8 Å². The van der Waals surface area contributed by atoms with Crippen molar-refractivity contribution in [2.24, 2.45) is 7.05 Å². The van der Waals surface area contributed by atoms with Gasteiger partial charge in [-0.2, -0.15) is 5.10 Å². The van der Waals surface area contributed by atoms with Crippen molar-refractivity contribution in [1.29, 1.82) is 0 Å². The zero-order valence-electron chi connectivity index (χ0n) is 9.03. The van der Waals surface area contributed by atoms with Crippen molar-refractivity contribution in [2.45, 2.75) is 23.2 Å². The Kier molecular flexibility index (Phi) is 3.21. The van der Waals surface area contributed by atoms with Crippen LogP contribution in [0.25, 0.3) is 0 Å². The molecule has 0 bridgehead atoms. The largest absolute Gasteiger partial charge is 0.389 e. The van der Waals surface area contributed by atoms with E-state index in [2.05, 4.69) is 15.1 Å². The minimum Gasteiger partial charge on any atom is -0.389 e. The third-order valence-corrected chi connectivity index (χ3v) is 3.20. The van der Waals surface area contributed by atoms with E-state index in [1.165, 1.54) is 18.1 Å². The van der Waals surface area contributed by atoms with Crippen LogP contribution in [0, 0.1) is 0 Å².